The van der Waals surface area contributed by atoms with Gasteiger partial charge in [0.15, 0.2) is 5.82 Å². The van der Waals surface area contributed by atoms with Gasteiger partial charge in [-0.15, -0.1) is 0 Å². The van der Waals surface area contributed by atoms with Gasteiger partial charge in [0.05, 0.1) is 17.4 Å². The van der Waals surface area contributed by atoms with E-state index in [9.17, 15) is 9.18 Å². The zero-order chi connectivity index (χ0) is 26.0. The highest BCUT2D eigenvalue weighted by molar-refractivity contribution is 6.24. The number of imidazole rings is 1. The van der Waals surface area contributed by atoms with Crippen molar-refractivity contribution >= 4 is 22.8 Å². The molecule has 0 unspecified atom stereocenters. The number of aromatic nitrogens is 4. The molecule has 0 saturated carbocycles. The van der Waals surface area contributed by atoms with Gasteiger partial charge in [-0.05, 0) is 45.8 Å². The number of carbonyl (C=O) groups is 1. The summed E-state index contributed by atoms with van der Waals surface area (Å²) in [5, 5.41) is 5.92. The van der Waals surface area contributed by atoms with Gasteiger partial charge in [-0.3, -0.25) is 4.79 Å². The summed E-state index contributed by atoms with van der Waals surface area (Å²) in [5.41, 5.74) is 7.00. The predicted octanol–water partition coefficient (Wildman–Crippen LogP) is 2.34. The van der Waals surface area contributed by atoms with E-state index in [0.717, 1.165) is 37.3 Å². The second kappa shape index (κ2) is 10.4. The third-order valence-electron chi connectivity index (χ3n) is 6.80. The van der Waals surface area contributed by atoms with Gasteiger partial charge < -0.3 is 30.4 Å². The predicted molar refractivity (Wildman–Crippen MR) is 139 cm³/mol. The maximum absolute atomic E-state index is 14.5. The average Bonchev–Trinajstić information content (AvgIpc) is 3.27. The van der Waals surface area contributed by atoms with E-state index < -0.39 is 11.6 Å². The van der Waals surface area contributed by atoms with Gasteiger partial charge in [-0.25, -0.2) is 19.3 Å². The van der Waals surface area contributed by atoms with E-state index >= 15 is 0 Å². The number of hydrogen-bond acceptors (Lipinski definition) is 8. The van der Waals surface area contributed by atoms with Crippen LogP contribution in [0.1, 0.15) is 44.1 Å². The number of fused-ring (bicyclic) bond motifs is 1. The third-order valence-corrected chi connectivity index (χ3v) is 6.80. The van der Waals surface area contributed by atoms with Gasteiger partial charge in [-0.2, -0.15) is 0 Å². The number of nitrogens with one attached hydrogen (secondary N) is 2. The lowest BCUT2D eigenvalue weighted by Gasteiger charge is -2.41. The molecule has 1 amide bonds. The van der Waals surface area contributed by atoms with E-state index in [1.54, 1.807) is 24.7 Å². The van der Waals surface area contributed by atoms with E-state index in [-0.39, 0.29) is 17.5 Å². The standard InChI is InChI=1S/C26H33FN8O2/c1-17(2)37-22-10-23-32-20(18-4-8-34(9-5-18)16-26(27)14-29-15-26)12-35(23)13-21(22)33-25(36)19(11-28)24-30-6-3-7-31-24/h3,6-7,10-13,17-18,29H,4-5,8-9,14-16,28H2,1-2H3,(H,33,36)/b19-11+. The SMILES string of the molecule is CC(C)Oc1cc2nc(C3CCN(CC4(F)CNC4)CC3)cn2cc1NC(=O)/C(=C/N)c1ncccn1. The van der Waals surface area contributed by atoms with Crippen molar-refractivity contribution in [3.8, 4) is 5.75 Å². The normalized spacial score (nSPS) is 18.6. The Kier molecular flexibility index (Phi) is 7.07. The molecule has 0 spiro atoms. The van der Waals surface area contributed by atoms with E-state index in [1.807, 2.05) is 30.5 Å². The molecule has 0 bridgehead atoms. The van der Waals surface area contributed by atoms with E-state index in [2.05, 4.69) is 25.5 Å². The number of pyridine rings is 1. The first-order valence-corrected chi connectivity index (χ1v) is 12.7. The molecule has 0 atom stereocenters. The van der Waals surface area contributed by atoms with Crippen LogP contribution in [0.3, 0.4) is 0 Å². The fourth-order valence-corrected chi connectivity index (χ4v) is 4.85. The van der Waals surface area contributed by atoms with Crippen molar-refractivity contribution in [3.63, 3.8) is 0 Å². The van der Waals surface area contributed by atoms with Gasteiger partial charge >= 0.3 is 0 Å². The lowest BCUT2D eigenvalue weighted by molar-refractivity contribution is -0.111. The summed E-state index contributed by atoms with van der Waals surface area (Å²) in [6.07, 6.45) is 9.84. The number of carbonyl (C=O) groups excluding carboxylic acids is 1. The van der Waals surface area contributed by atoms with Gasteiger partial charge in [0, 0.05) is 62.6 Å². The number of amides is 1. The lowest BCUT2D eigenvalue weighted by Crippen LogP contribution is -2.62. The molecule has 0 aliphatic carbocycles. The molecule has 5 heterocycles. The molecule has 2 aliphatic heterocycles. The number of likely N-dealkylation sites (tertiary alicyclic amines) is 1. The Morgan fingerprint density at radius 1 is 1.30 bits per heavy atom. The van der Waals surface area contributed by atoms with Crippen LogP contribution in [0.15, 0.2) is 43.1 Å². The Labute approximate surface area is 215 Å². The van der Waals surface area contributed by atoms with Crippen LogP contribution in [0.5, 0.6) is 5.75 Å². The maximum Gasteiger partial charge on any atom is 0.261 e. The fourth-order valence-electron chi connectivity index (χ4n) is 4.85. The first-order chi connectivity index (χ1) is 17.8. The second-order valence-corrected chi connectivity index (χ2v) is 10.1. The van der Waals surface area contributed by atoms with E-state index in [1.165, 1.54) is 6.20 Å². The first kappa shape index (κ1) is 25.1. The molecule has 0 radical (unpaired) electrons. The van der Waals surface area contributed by atoms with Crippen molar-refractivity contribution in [2.45, 2.75) is 44.4 Å². The van der Waals surface area contributed by atoms with Gasteiger partial charge in [-0.1, -0.05) is 0 Å². The number of halogens is 1. The number of hydrogen-bond donors (Lipinski definition) is 3. The minimum absolute atomic E-state index is 0.108. The van der Waals surface area contributed by atoms with Crippen molar-refractivity contribution in [3.05, 3.63) is 54.6 Å². The number of rotatable bonds is 8. The number of anilines is 1. The van der Waals surface area contributed by atoms with Crippen LogP contribution >= 0.6 is 0 Å². The molecule has 2 saturated heterocycles. The molecule has 3 aromatic rings. The van der Waals surface area contributed by atoms with Crippen LogP contribution in [0, 0.1) is 0 Å². The Balaban J connectivity index is 1.34. The highest BCUT2D eigenvalue weighted by atomic mass is 19.1. The Hall–Kier alpha value is -3.57. The number of piperidine rings is 1. The molecular weight excluding hydrogens is 475 g/mol. The van der Waals surface area contributed by atoms with E-state index in [0.29, 0.717) is 37.0 Å². The van der Waals surface area contributed by atoms with Crippen LogP contribution in [0.25, 0.3) is 11.2 Å². The summed E-state index contributed by atoms with van der Waals surface area (Å²) in [7, 11) is 0. The lowest BCUT2D eigenvalue weighted by atomic mass is 9.92. The molecule has 4 N–H and O–H groups in total. The number of nitrogens with zero attached hydrogens (tertiary/aromatic N) is 5. The van der Waals surface area contributed by atoms with Crippen LogP contribution < -0.4 is 21.1 Å². The zero-order valence-corrected chi connectivity index (χ0v) is 21.2. The minimum Gasteiger partial charge on any atom is -0.489 e. The summed E-state index contributed by atoms with van der Waals surface area (Å²) >= 11 is 0. The summed E-state index contributed by atoms with van der Waals surface area (Å²) < 4.78 is 22.4. The molecule has 196 valence electrons. The Bertz CT molecular complexity index is 1280. The molecule has 2 aliphatic rings. The molecular formula is C26H33FN8O2. The van der Waals surface area contributed by atoms with Gasteiger partial charge in [0.2, 0.25) is 0 Å². The molecule has 11 heteroatoms. The minimum atomic E-state index is -1.09. The molecule has 5 rings (SSSR count). The highest BCUT2D eigenvalue weighted by Crippen LogP contribution is 2.33. The maximum atomic E-state index is 14.5. The van der Waals surface area contributed by atoms with Gasteiger partial charge in [0.1, 0.15) is 22.8 Å². The first-order valence-electron chi connectivity index (χ1n) is 12.7. The fraction of sp³-hybridized carbons (Fsp3) is 0.462. The molecule has 0 aromatic carbocycles. The average molecular weight is 509 g/mol. The smallest absolute Gasteiger partial charge is 0.261 e. The third kappa shape index (κ3) is 5.57. The second-order valence-electron chi connectivity index (χ2n) is 10.1. The number of ether oxygens (including phenoxy) is 1. The van der Waals surface area contributed by atoms with Crippen molar-refractivity contribution in [2.24, 2.45) is 5.73 Å². The van der Waals surface area contributed by atoms with Crippen LogP contribution in [-0.2, 0) is 4.79 Å². The largest absolute Gasteiger partial charge is 0.489 e. The molecule has 10 nitrogen and oxygen atoms in total. The van der Waals surface area contributed by atoms with Crippen molar-refractivity contribution in [2.75, 3.05) is 38.0 Å². The highest BCUT2D eigenvalue weighted by Gasteiger charge is 2.39. The van der Waals surface area contributed by atoms with Crippen LogP contribution in [0.4, 0.5) is 10.1 Å². The molecule has 2 fully saturated rings. The molecule has 37 heavy (non-hydrogen) atoms. The Morgan fingerprint density at radius 3 is 2.65 bits per heavy atom. The number of nitrogens with two attached hydrogens (primary N) is 1. The van der Waals surface area contributed by atoms with Crippen molar-refractivity contribution in [1.29, 1.82) is 0 Å². The topological polar surface area (TPSA) is 123 Å². The molecule has 3 aromatic heterocycles. The van der Waals surface area contributed by atoms with Crippen molar-refractivity contribution < 1.29 is 13.9 Å². The van der Waals surface area contributed by atoms with Crippen LogP contribution in [-0.4, -0.2) is 74.7 Å². The summed E-state index contributed by atoms with van der Waals surface area (Å²) in [5.74, 6) is 0.594. The van der Waals surface area contributed by atoms with E-state index in [4.69, 9.17) is 15.5 Å². The summed E-state index contributed by atoms with van der Waals surface area (Å²) in [6, 6.07) is 3.50. The summed E-state index contributed by atoms with van der Waals surface area (Å²) in [6.45, 7) is 6.92. The quantitative estimate of drug-likeness (QED) is 0.397. The van der Waals surface area contributed by atoms with Crippen molar-refractivity contribution in [1.82, 2.24) is 29.6 Å². The zero-order valence-electron chi connectivity index (χ0n) is 21.2. The van der Waals surface area contributed by atoms with Gasteiger partial charge in [0.25, 0.3) is 5.91 Å². The summed E-state index contributed by atoms with van der Waals surface area (Å²) in [4.78, 5) is 28.4. The monoisotopic (exact) mass is 508 g/mol. The van der Waals surface area contributed by atoms with Crippen LogP contribution in [0.2, 0.25) is 0 Å². The number of alkyl halides is 1. The Morgan fingerprint density at radius 2 is 2.03 bits per heavy atom.